The Kier molecular flexibility index (Phi) is 40.6. The monoisotopic (exact) mass is 1290 g/mol. The van der Waals surface area contributed by atoms with E-state index in [9.17, 15) is 10.2 Å². The smallest absolute Gasteiger partial charge is 0.104 e. The van der Waals surface area contributed by atoms with Gasteiger partial charge in [0.05, 0.1) is 26.4 Å². The zero-order valence-electron chi connectivity index (χ0n) is 63.6. The highest BCUT2D eigenvalue weighted by Gasteiger charge is 2.39. The van der Waals surface area contributed by atoms with Crippen LogP contribution in [0.15, 0.2) is 0 Å². The van der Waals surface area contributed by atoms with Crippen LogP contribution in [0.3, 0.4) is 0 Å². The first kappa shape index (κ1) is 80.7. The molecule has 542 valence electrons. The van der Waals surface area contributed by atoms with Gasteiger partial charge in [-0.15, -0.1) is 0 Å². The molecule has 6 aliphatic rings. The number of hydrogen-bond donors (Lipinski definition) is 2. The Morgan fingerprint density at radius 2 is 0.598 bits per heavy atom. The quantitative estimate of drug-likeness (QED) is 0.287. The van der Waals surface area contributed by atoms with E-state index in [0.29, 0.717) is 42.3 Å². The van der Waals surface area contributed by atoms with Crippen LogP contribution >= 0.6 is 0 Å². The molecular formula is C86H162O6. The van der Waals surface area contributed by atoms with Crippen LogP contribution in [0.2, 0.25) is 0 Å². The highest BCUT2D eigenvalue weighted by molar-refractivity contribution is 4.90. The van der Waals surface area contributed by atoms with Crippen LogP contribution in [0.5, 0.6) is 0 Å². The molecule has 0 amide bonds. The Morgan fingerprint density at radius 3 is 0.967 bits per heavy atom. The van der Waals surface area contributed by atoms with Crippen molar-refractivity contribution >= 4 is 0 Å². The molecule has 0 radical (unpaired) electrons. The van der Waals surface area contributed by atoms with Crippen molar-refractivity contribution in [2.75, 3.05) is 52.9 Å². The molecule has 22 atom stereocenters. The lowest BCUT2D eigenvalue weighted by atomic mass is 9.64. The second-order valence-corrected chi connectivity index (χ2v) is 36.4. The second kappa shape index (κ2) is 46.2. The van der Waals surface area contributed by atoms with Crippen molar-refractivity contribution < 1.29 is 29.2 Å². The number of fused-ring (bicyclic) bond motifs is 11. The van der Waals surface area contributed by atoms with Crippen LogP contribution in [0.1, 0.15) is 365 Å². The molecule has 2 N–H and O–H groups in total. The van der Waals surface area contributed by atoms with Crippen LogP contribution < -0.4 is 0 Å². The first-order valence-corrected chi connectivity index (χ1v) is 42.1. The molecule has 1 heterocycles. The van der Waals surface area contributed by atoms with Gasteiger partial charge in [0.1, 0.15) is 12.2 Å². The molecule has 6 heteroatoms. The molecule has 0 aromatic rings. The van der Waals surface area contributed by atoms with Gasteiger partial charge < -0.3 is 29.2 Å². The number of rotatable bonds is 2. The van der Waals surface area contributed by atoms with Crippen LogP contribution in [-0.4, -0.2) is 75.3 Å². The normalized spacial score (nSPS) is 41.8. The third-order valence-corrected chi connectivity index (χ3v) is 27.7. The molecule has 1 saturated heterocycles. The average Bonchev–Trinajstić information content (AvgIpc) is 2.07. The SMILES string of the molecule is C[C@@H]1CCC[C@H]2CC[C@@H](C2)[C@H](C)CCC[C@H](C)CC[C@@H](C)CCC[C@@H](C)[C@H]2CC[C@H](CCC[C@@H](C)CCO[C@H](CO)COCC[C@H](C)CCC[C@H]3CC[C@@H](C3)[C@H](C)CCC[C@H](C)CC[C@@]3(C)CCC[C@@H](C3)[C@H]3CC[C@H](CCC[C@@H](C)CCO[C@H](CO)COCC1)C3)C2. The van der Waals surface area contributed by atoms with Crippen LogP contribution in [0.25, 0.3) is 0 Å². The molecule has 0 spiro atoms. The molecule has 5 saturated carbocycles. The minimum atomic E-state index is -0.195. The van der Waals surface area contributed by atoms with Gasteiger partial charge in [-0.05, 0) is 214 Å². The van der Waals surface area contributed by atoms with Gasteiger partial charge in [0.15, 0.2) is 0 Å². The minimum Gasteiger partial charge on any atom is -0.394 e. The minimum absolute atomic E-state index is 0.0520. The Bertz CT molecular complexity index is 1790. The first-order chi connectivity index (χ1) is 44.5. The molecule has 1 aliphatic heterocycles. The van der Waals surface area contributed by atoms with E-state index in [0.717, 1.165) is 141 Å². The number of hydrogen-bond acceptors (Lipinski definition) is 6. The summed E-state index contributed by atoms with van der Waals surface area (Å²) in [6, 6.07) is 0. The van der Waals surface area contributed by atoms with Crippen molar-refractivity contribution in [1.82, 2.24) is 0 Å². The van der Waals surface area contributed by atoms with Crippen molar-refractivity contribution in [1.29, 1.82) is 0 Å². The summed E-state index contributed by atoms with van der Waals surface area (Å²) in [6.07, 6.45) is 62.7. The molecule has 6 rings (SSSR count). The average molecular weight is 1290 g/mol. The van der Waals surface area contributed by atoms with Gasteiger partial charge in [-0.2, -0.15) is 0 Å². The van der Waals surface area contributed by atoms with Gasteiger partial charge in [0, 0.05) is 26.4 Å². The Balaban J connectivity index is 0.865. The van der Waals surface area contributed by atoms with E-state index in [-0.39, 0.29) is 25.4 Å². The van der Waals surface area contributed by atoms with Gasteiger partial charge in [-0.25, -0.2) is 0 Å². The van der Waals surface area contributed by atoms with Gasteiger partial charge in [-0.3, -0.25) is 0 Å². The van der Waals surface area contributed by atoms with Crippen LogP contribution in [0, 0.1) is 118 Å². The summed E-state index contributed by atoms with van der Waals surface area (Å²) >= 11 is 0. The Morgan fingerprint density at radius 1 is 0.283 bits per heavy atom. The number of ether oxygens (including phenoxy) is 4. The summed E-state index contributed by atoms with van der Waals surface area (Å²) in [5.74, 6) is 16.6. The fraction of sp³-hybridized carbons (Fsp3) is 1.00. The summed E-state index contributed by atoms with van der Waals surface area (Å²) in [4.78, 5) is 0. The molecule has 10 bridgehead atoms. The van der Waals surface area contributed by atoms with Gasteiger partial charge in [0.25, 0.3) is 0 Å². The van der Waals surface area contributed by atoms with E-state index in [1.54, 1.807) is 0 Å². The predicted octanol–water partition coefficient (Wildman–Crippen LogP) is 24.3. The lowest BCUT2D eigenvalue weighted by molar-refractivity contribution is -0.0471. The first-order valence-electron chi connectivity index (χ1n) is 42.1. The van der Waals surface area contributed by atoms with E-state index in [1.165, 1.54) is 263 Å². The van der Waals surface area contributed by atoms with Crippen molar-refractivity contribution in [3.05, 3.63) is 0 Å². The van der Waals surface area contributed by atoms with E-state index in [2.05, 4.69) is 76.2 Å². The summed E-state index contributed by atoms with van der Waals surface area (Å²) in [5.41, 5.74) is 0.567. The van der Waals surface area contributed by atoms with E-state index < -0.39 is 0 Å². The van der Waals surface area contributed by atoms with Crippen molar-refractivity contribution in [2.24, 2.45) is 118 Å². The molecule has 6 nitrogen and oxygen atoms in total. The maximum absolute atomic E-state index is 10.1. The standard InChI is InChI=1S/C86H162O6/c1-65-20-12-27-72(8)79-41-37-75(56-79)30-15-23-68(4)46-53-90-64-85(62-88)92-55-49-71(7)26-18-33-78-40-44-82(59-78)83-34-19-50-86(11,60-83)51-45-67(3)22-14-29-74(10)81-43-38-76(57-81)31-16-24-69(5)47-52-89-63-84(61-87)91-54-48-70(6)25-17-32-77-39-42-80(58-77)73(9)28-13-21-66(2)36-35-65/h65-85,87-88H,12-64H2,1-11H3/t65-,66-,67-,68+,69+,70+,71+,72+,73+,74+,75-,76-,77-,78-,79-,80-,81-,82-,83-,84+,85+,86+/m0/s1. The summed E-state index contributed by atoms with van der Waals surface area (Å²) in [7, 11) is 0. The summed E-state index contributed by atoms with van der Waals surface area (Å²) < 4.78 is 24.7. The van der Waals surface area contributed by atoms with Gasteiger partial charge >= 0.3 is 0 Å². The van der Waals surface area contributed by atoms with Crippen LogP contribution in [0.4, 0.5) is 0 Å². The fourth-order valence-electron chi connectivity index (χ4n) is 20.2. The maximum Gasteiger partial charge on any atom is 0.104 e. The van der Waals surface area contributed by atoms with Crippen molar-refractivity contribution in [3.63, 3.8) is 0 Å². The van der Waals surface area contributed by atoms with Crippen LogP contribution in [-0.2, 0) is 18.9 Å². The number of aliphatic hydroxyl groups is 2. The van der Waals surface area contributed by atoms with Gasteiger partial charge in [-0.1, -0.05) is 269 Å². The Hall–Kier alpha value is -0.240. The molecule has 0 unspecified atom stereocenters. The molecule has 5 aliphatic carbocycles. The second-order valence-electron chi connectivity index (χ2n) is 36.4. The van der Waals surface area contributed by atoms with Gasteiger partial charge in [0.2, 0.25) is 0 Å². The molecule has 0 aromatic carbocycles. The van der Waals surface area contributed by atoms with E-state index in [4.69, 9.17) is 18.9 Å². The maximum atomic E-state index is 10.1. The lowest BCUT2D eigenvalue weighted by Crippen LogP contribution is -2.29. The molecule has 0 aromatic heterocycles. The largest absolute Gasteiger partial charge is 0.394 e. The Labute approximate surface area is 574 Å². The van der Waals surface area contributed by atoms with Crippen molar-refractivity contribution in [3.8, 4) is 0 Å². The highest BCUT2D eigenvalue weighted by atomic mass is 16.5. The van der Waals surface area contributed by atoms with Crippen molar-refractivity contribution in [2.45, 2.75) is 377 Å². The zero-order valence-corrected chi connectivity index (χ0v) is 63.6. The molecule has 6 fully saturated rings. The number of aliphatic hydroxyl groups excluding tert-OH is 2. The molecular weight excluding hydrogens is 1130 g/mol. The molecule has 92 heavy (non-hydrogen) atoms. The lowest BCUT2D eigenvalue weighted by Gasteiger charge is -2.41. The zero-order chi connectivity index (χ0) is 65.9. The third kappa shape index (κ3) is 32.8. The summed E-state index contributed by atoms with van der Waals surface area (Å²) in [5, 5.41) is 20.2. The topological polar surface area (TPSA) is 77.4 Å². The third-order valence-electron chi connectivity index (χ3n) is 27.7. The predicted molar refractivity (Wildman–Crippen MR) is 394 cm³/mol. The van der Waals surface area contributed by atoms with E-state index in [1.807, 2.05) is 0 Å². The fourth-order valence-corrected chi connectivity index (χ4v) is 20.2. The highest BCUT2D eigenvalue weighted by Crippen LogP contribution is 2.51. The summed E-state index contributed by atoms with van der Waals surface area (Å²) in [6.45, 7) is 32.0. The van der Waals surface area contributed by atoms with E-state index >= 15 is 0 Å².